The van der Waals surface area contributed by atoms with E-state index in [9.17, 15) is 0 Å². The number of aryl methyl sites for hydroxylation is 1. The average molecular weight is 250 g/mol. The number of rotatable bonds is 5. The van der Waals surface area contributed by atoms with Gasteiger partial charge in [0.1, 0.15) is 5.82 Å². The van der Waals surface area contributed by atoms with Gasteiger partial charge in [-0.1, -0.05) is 19.8 Å². The molecule has 2 aromatic rings. The Kier molecular flexibility index (Phi) is 3.78. The van der Waals surface area contributed by atoms with Gasteiger partial charge in [-0.2, -0.15) is 4.98 Å². The molecular weight excluding hydrogens is 232 g/mol. The van der Waals surface area contributed by atoms with E-state index in [1.165, 1.54) is 12.8 Å². The van der Waals surface area contributed by atoms with Crippen molar-refractivity contribution >= 4 is 33.3 Å². The Morgan fingerprint density at radius 2 is 2.18 bits per heavy atom. The SMILES string of the molecule is CCCCCNc1nc(N)nc2c(C)csc12. The number of hydrogen-bond acceptors (Lipinski definition) is 5. The largest absolute Gasteiger partial charge is 0.369 e. The molecule has 0 aliphatic rings. The number of nitrogens with zero attached hydrogens (tertiary/aromatic N) is 2. The van der Waals surface area contributed by atoms with E-state index < -0.39 is 0 Å². The predicted octanol–water partition coefficient (Wildman–Crippen LogP) is 3.18. The van der Waals surface area contributed by atoms with Crippen molar-refractivity contribution in [3.05, 3.63) is 10.9 Å². The second kappa shape index (κ2) is 5.31. The van der Waals surface area contributed by atoms with Gasteiger partial charge in [0.05, 0.1) is 10.2 Å². The van der Waals surface area contributed by atoms with Crippen LogP contribution in [-0.2, 0) is 0 Å². The molecule has 0 unspecified atom stereocenters. The maximum Gasteiger partial charge on any atom is 0.222 e. The van der Waals surface area contributed by atoms with Gasteiger partial charge >= 0.3 is 0 Å². The van der Waals surface area contributed by atoms with Crippen molar-refractivity contribution in [1.29, 1.82) is 0 Å². The molecule has 2 aromatic heterocycles. The second-order valence-corrected chi connectivity index (χ2v) is 5.04. The zero-order chi connectivity index (χ0) is 12.3. The van der Waals surface area contributed by atoms with E-state index in [0.717, 1.165) is 34.6 Å². The summed E-state index contributed by atoms with van der Waals surface area (Å²) in [5, 5.41) is 5.45. The Bertz CT molecular complexity index is 506. The molecule has 0 saturated carbocycles. The summed E-state index contributed by atoms with van der Waals surface area (Å²) < 4.78 is 1.10. The zero-order valence-electron chi connectivity index (χ0n) is 10.3. The minimum absolute atomic E-state index is 0.344. The normalized spacial score (nSPS) is 10.9. The molecule has 0 atom stereocenters. The number of anilines is 2. The molecule has 0 saturated heterocycles. The van der Waals surface area contributed by atoms with Gasteiger partial charge in [0.15, 0.2) is 0 Å². The van der Waals surface area contributed by atoms with Crippen LogP contribution >= 0.6 is 11.3 Å². The fourth-order valence-corrected chi connectivity index (χ4v) is 2.71. The van der Waals surface area contributed by atoms with Crippen molar-refractivity contribution in [3.8, 4) is 0 Å². The van der Waals surface area contributed by atoms with Crippen molar-refractivity contribution in [2.45, 2.75) is 33.1 Å². The van der Waals surface area contributed by atoms with Crippen molar-refractivity contribution < 1.29 is 0 Å². The first-order valence-corrected chi connectivity index (χ1v) is 6.85. The topological polar surface area (TPSA) is 63.8 Å². The Hall–Kier alpha value is -1.36. The van der Waals surface area contributed by atoms with Gasteiger partial charge in [-0.25, -0.2) is 4.98 Å². The Morgan fingerprint density at radius 3 is 2.94 bits per heavy atom. The fraction of sp³-hybridized carbons (Fsp3) is 0.500. The number of thiophene rings is 1. The molecule has 92 valence electrons. The van der Waals surface area contributed by atoms with Crippen LogP contribution < -0.4 is 11.1 Å². The molecule has 3 N–H and O–H groups in total. The van der Waals surface area contributed by atoms with E-state index in [1.54, 1.807) is 11.3 Å². The molecule has 0 bridgehead atoms. The predicted molar refractivity (Wildman–Crippen MR) is 74.6 cm³/mol. The Morgan fingerprint density at radius 1 is 1.35 bits per heavy atom. The number of fused-ring (bicyclic) bond motifs is 1. The van der Waals surface area contributed by atoms with Crippen molar-refractivity contribution in [1.82, 2.24) is 9.97 Å². The van der Waals surface area contributed by atoms with E-state index in [4.69, 9.17) is 5.73 Å². The standard InChI is InChI=1S/C12H18N4S/c1-3-4-5-6-14-11-10-9(8(2)7-17-10)15-12(13)16-11/h7H,3-6H2,1-2H3,(H3,13,14,15,16). The first-order chi connectivity index (χ1) is 8.22. The molecule has 0 radical (unpaired) electrons. The van der Waals surface area contributed by atoms with Gasteiger partial charge in [0.25, 0.3) is 0 Å². The van der Waals surface area contributed by atoms with Gasteiger partial charge in [0.2, 0.25) is 5.95 Å². The quantitative estimate of drug-likeness (QED) is 0.800. The summed E-state index contributed by atoms with van der Waals surface area (Å²) in [5.74, 6) is 1.22. The fourth-order valence-electron chi connectivity index (χ4n) is 1.75. The summed E-state index contributed by atoms with van der Waals surface area (Å²) in [6, 6.07) is 0. The molecule has 0 aliphatic carbocycles. The van der Waals surface area contributed by atoms with Crippen LogP contribution in [0.5, 0.6) is 0 Å². The smallest absolute Gasteiger partial charge is 0.222 e. The minimum Gasteiger partial charge on any atom is -0.369 e. The second-order valence-electron chi connectivity index (χ2n) is 4.16. The minimum atomic E-state index is 0.344. The summed E-state index contributed by atoms with van der Waals surface area (Å²) in [7, 11) is 0. The van der Waals surface area contributed by atoms with Crippen LogP contribution in [0, 0.1) is 6.92 Å². The van der Waals surface area contributed by atoms with Crippen LogP contribution in [0.4, 0.5) is 11.8 Å². The molecule has 2 heterocycles. The number of nitrogens with two attached hydrogens (primary N) is 1. The van der Waals surface area contributed by atoms with E-state index in [0.29, 0.717) is 5.95 Å². The van der Waals surface area contributed by atoms with Gasteiger partial charge in [-0.3, -0.25) is 0 Å². The lowest BCUT2D eigenvalue weighted by molar-refractivity contribution is 0.743. The summed E-state index contributed by atoms with van der Waals surface area (Å²) in [5.41, 5.74) is 7.86. The summed E-state index contributed by atoms with van der Waals surface area (Å²) in [6.45, 7) is 5.19. The maximum absolute atomic E-state index is 5.73. The summed E-state index contributed by atoms with van der Waals surface area (Å²) >= 11 is 1.67. The monoisotopic (exact) mass is 250 g/mol. The van der Waals surface area contributed by atoms with Gasteiger partial charge < -0.3 is 11.1 Å². The molecule has 0 amide bonds. The Balaban J connectivity index is 2.20. The van der Waals surface area contributed by atoms with Gasteiger partial charge in [-0.05, 0) is 24.3 Å². The van der Waals surface area contributed by atoms with Crippen molar-refractivity contribution in [2.75, 3.05) is 17.6 Å². The van der Waals surface area contributed by atoms with Crippen LogP contribution in [0.25, 0.3) is 10.2 Å². The van der Waals surface area contributed by atoms with E-state index in [2.05, 4.69) is 27.6 Å². The van der Waals surface area contributed by atoms with Crippen molar-refractivity contribution in [3.63, 3.8) is 0 Å². The maximum atomic E-state index is 5.73. The lowest BCUT2D eigenvalue weighted by Gasteiger charge is -2.06. The molecule has 2 rings (SSSR count). The molecule has 0 aromatic carbocycles. The highest BCUT2D eigenvalue weighted by Crippen LogP contribution is 2.29. The van der Waals surface area contributed by atoms with Crippen LogP contribution in [0.15, 0.2) is 5.38 Å². The van der Waals surface area contributed by atoms with Crippen LogP contribution in [0.3, 0.4) is 0 Å². The van der Waals surface area contributed by atoms with Crippen LogP contribution in [0.2, 0.25) is 0 Å². The highest BCUT2D eigenvalue weighted by atomic mass is 32.1. The lowest BCUT2D eigenvalue weighted by Crippen LogP contribution is -2.06. The highest BCUT2D eigenvalue weighted by Gasteiger charge is 2.09. The number of hydrogen-bond donors (Lipinski definition) is 2. The number of nitrogens with one attached hydrogen (secondary N) is 1. The molecule has 0 fully saturated rings. The zero-order valence-corrected chi connectivity index (χ0v) is 11.1. The van der Waals surface area contributed by atoms with Crippen molar-refractivity contribution in [2.24, 2.45) is 0 Å². The molecule has 0 spiro atoms. The van der Waals surface area contributed by atoms with E-state index >= 15 is 0 Å². The average Bonchev–Trinajstić information content (AvgIpc) is 2.67. The molecular formula is C12H18N4S. The first kappa shape index (κ1) is 12.1. The summed E-state index contributed by atoms with van der Waals surface area (Å²) in [6.07, 6.45) is 3.62. The van der Waals surface area contributed by atoms with Gasteiger partial charge in [-0.15, -0.1) is 11.3 Å². The van der Waals surface area contributed by atoms with Crippen LogP contribution in [-0.4, -0.2) is 16.5 Å². The number of aromatic nitrogens is 2. The lowest BCUT2D eigenvalue weighted by atomic mass is 10.2. The third-order valence-corrected chi connectivity index (χ3v) is 3.78. The summed E-state index contributed by atoms with van der Waals surface area (Å²) in [4.78, 5) is 8.56. The third-order valence-electron chi connectivity index (χ3n) is 2.68. The Labute approximate surface area is 105 Å². The molecule has 0 aliphatic heterocycles. The highest BCUT2D eigenvalue weighted by molar-refractivity contribution is 7.18. The van der Waals surface area contributed by atoms with E-state index in [1.807, 2.05) is 6.92 Å². The van der Waals surface area contributed by atoms with Crippen LogP contribution in [0.1, 0.15) is 31.7 Å². The number of nitrogen functional groups attached to an aromatic ring is 1. The molecule has 17 heavy (non-hydrogen) atoms. The molecule has 5 heteroatoms. The molecule has 4 nitrogen and oxygen atoms in total. The number of unbranched alkanes of at least 4 members (excludes halogenated alkanes) is 2. The van der Waals surface area contributed by atoms with Gasteiger partial charge in [0, 0.05) is 6.54 Å². The van der Waals surface area contributed by atoms with E-state index in [-0.39, 0.29) is 0 Å². The first-order valence-electron chi connectivity index (χ1n) is 5.97. The third kappa shape index (κ3) is 2.66.